The summed E-state index contributed by atoms with van der Waals surface area (Å²) in [5, 5.41) is 10.9. The molecule has 0 aromatic carbocycles. The van der Waals surface area contributed by atoms with Crippen LogP contribution in [0.1, 0.15) is 19.4 Å². The molecular formula is C17H22N4O2S2. The van der Waals surface area contributed by atoms with Crippen LogP contribution in [0, 0.1) is 0 Å². The largest absolute Gasteiger partial charge is 0.493 e. The fourth-order valence-electron chi connectivity index (χ4n) is 2.27. The number of nitrogens with zero attached hydrogens (tertiary/aromatic N) is 4. The SMILES string of the molecule is C=Cc1cc(Sc2nc(O)cc(SC)n2)c(OC)nc1N(CC)CC. The topological polar surface area (TPSA) is 71.4 Å². The van der Waals surface area contributed by atoms with Crippen LogP contribution in [-0.4, -0.2) is 46.5 Å². The second kappa shape index (κ2) is 8.96. The number of hydrogen-bond acceptors (Lipinski definition) is 8. The first kappa shape index (κ1) is 19.4. The van der Waals surface area contributed by atoms with Crippen LogP contribution in [0.3, 0.4) is 0 Å². The second-order valence-corrected chi connectivity index (χ2v) is 6.77. The van der Waals surface area contributed by atoms with E-state index >= 15 is 0 Å². The van der Waals surface area contributed by atoms with Crippen LogP contribution < -0.4 is 9.64 Å². The van der Waals surface area contributed by atoms with Gasteiger partial charge in [0.2, 0.25) is 11.8 Å². The van der Waals surface area contributed by atoms with Gasteiger partial charge in [-0.15, -0.1) is 11.8 Å². The number of pyridine rings is 1. The van der Waals surface area contributed by atoms with Gasteiger partial charge in [-0.2, -0.15) is 9.97 Å². The molecule has 0 atom stereocenters. The van der Waals surface area contributed by atoms with Crippen LogP contribution >= 0.6 is 23.5 Å². The molecule has 2 rings (SSSR count). The van der Waals surface area contributed by atoms with Crippen molar-refractivity contribution in [2.75, 3.05) is 31.4 Å². The Morgan fingerprint density at radius 1 is 1.24 bits per heavy atom. The molecule has 2 heterocycles. The fraction of sp³-hybridized carbons (Fsp3) is 0.353. The first-order valence-electron chi connectivity index (χ1n) is 7.82. The highest BCUT2D eigenvalue weighted by Crippen LogP contribution is 2.37. The zero-order valence-electron chi connectivity index (χ0n) is 14.8. The second-order valence-electron chi connectivity index (χ2n) is 4.94. The summed E-state index contributed by atoms with van der Waals surface area (Å²) in [5.74, 6) is 1.27. The lowest BCUT2D eigenvalue weighted by molar-refractivity contribution is 0.387. The first-order chi connectivity index (χ1) is 12.1. The zero-order valence-corrected chi connectivity index (χ0v) is 16.4. The highest BCUT2D eigenvalue weighted by Gasteiger charge is 2.17. The maximum Gasteiger partial charge on any atom is 0.229 e. The van der Waals surface area contributed by atoms with Crippen LogP contribution in [0.5, 0.6) is 11.8 Å². The Morgan fingerprint density at radius 2 is 1.96 bits per heavy atom. The zero-order chi connectivity index (χ0) is 18.4. The molecule has 2 aromatic rings. The minimum atomic E-state index is -0.0579. The van der Waals surface area contributed by atoms with Crippen LogP contribution in [0.25, 0.3) is 6.08 Å². The molecule has 2 aromatic heterocycles. The smallest absolute Gasteiger partial charge is 0.229 e. The average Bonchev–Trinajstić information content (AvgIpc) is 2.62. The minimum absolute atomic E-state index is 0.0579. The van der Waals surface area contributed by atoms with Gasteiger partial charge in [0.25, 0.3) is 0 Å². The Morgan fingerprint density at radius 3 is 2.52 bits per heavy atom. The minimum Gasteiger partial charge on any atom is -0.493 e. The third-order valence-corrected chi connectivity index (χ3v) is 5.02. The van der Waals surface area contributed by atoms with E-state index in [9.17, 15) is 5.11 Å². The maximum atomic E-state index is 9.76. The van der Waals surface area contributed by atoms with Crippen molar-refractivity contribution >= 4 is 35.4 Å². The Balaban J connectivity index is 2.47. The standard InChI is InChI=1S/C17H22N4O2S2/c1-6-11-9-12(16(23-4)20-15(11)21(7-2)8-3)25-17-18-13(22)10-14(19-17)24-5/h6,9-10H,1,7-8H2,2-5H3,(H,18,19,22). The summed E-state index contributed by atoms with van der Waals surface area (Å²) in [5.41, 5.74) is 0.914. The van der Waals surface area contributed by atoms with E-state index in [4.69, 9.17) is 4.74 Å². The molecule has 0 aliphatic carbocycles. The molecule has 0 saturated heterocycles. The molecule has 0 fully saturated rings. The van der Waals surface area contributed by atoms with Crippen molar-refractivity contribution in [2.45, 2.75) is 28.9 Å². The summed E-state index contributed by atoms with van der Waals surface area (Å²) in [6.07, 6.45) is 3.67. The molecule has 0 bridgehead atoms. The van der Waals surface area contributed by atoms with Gasteiger partial charge in [-0.25, -0.2) is 4.98 Å². The van der Waals surface area contributed by atoms with Crippen molar-refractivity contribution in [1.82, 2.24) is 15.0 Å². The molecule has 6 nitrogen and oxygen atoms in total. The van der Waals surface area contributed by atoms with Gasteiger partial charge < -0.3 is 14.7 Å². The summed E-state index contributed by atoms with van der Waals surface area (Å²) in [6.45, 7) is 9.74. The van der Waals surface area contributed by atoms with Gasteiger partial charge in [0.05, 0.1) is 12.0 Å². The maximum absolute atomic E-state index is 9.76. The Hall–Kier alpha value is -1.93. The van der Waals surface area contributed by atoms with E-state index in [1.165, 1.54) is 29.6 Å². The van der Waals surface area contributed by atoms with Crippen molar-refractivity contribution in [1.29, 1.82) is 0 Å². The molecule has 8 heteroatoms. The van der Waals surface area contributed by atoms with E-state index in [1.807, 2.05) is 12.3 Å². The molecule has 1 N–H and O–H groups in total. The lowest BCUT2D eigenvalue weighted by Gasteiger charge is -2.23. The van der Waals surface area contributed by atoms with Crippen molar-refractivity contribution in [3.05, 3.63) is 24.3 Å². The number of hydrogen-bond donors (Lipinski definition) is 1. The third-order valence-electron chi connectivity index (χ3n) is 3.52. The molecule has 0 amide bonds. The van der Waals surface area contributed by atoms with Gasteiger partial charge in [-0.3, -0.25) is 0 Å². The number of thioether (sulfide) groups is 1. The Kier molecular flexibility index (Phi) is 6.95. The van der Waals surface area contributed by atoms with E-state index in [0.717, 1.165) is 29.4 Å². The van der Waals surface area contributed by atoms with Crippen LogP contribution in [0.2, 0.25) is 0 Å². The molecule has 0 aliphatic heterocycles. The van der Waals surface area contributed by atoms with E-state index in [2.05, 4.69) is 40.3 Å². The molecular weight excluding hydrogens is 356 g/mol. The van der Waals surface area contributed by atoms with E-state index in [0.29, 0.717) is 16.1 Å². The fourth-order valence-corrected chi connectivity index (χ4v) is 3.61. The Bertz CT molecular complexity index is 752. The van der Waals surface area contributed by atoms with Gasteiger partial charge in [0.15, 0.2) is 5.16 Å². The van der Waals surface area contributed by atoms with E-state index < -0.39 is 0 Å². The number of aromatic hydroxyl groups is 1. The van der Waals surface area contributed by atoms with Gasteiger partial charge in [-0.05, 0) is 37.9 Å². The predicted octanol–water partition coefficient (Wildman–Crippen LogP) is 3.95. The summed E-state index contributed by atoms with van der Waals surface area (Å²) < 4.78 is 5.47. The van der Waals surface area contributed by atoms with Crippen molar-refractivity contribution in [2.24, 2.45) is 0 Å². The van der Waals surface area contributed by atoms with Crippen molar-refractivity contribution in [3.63, 3.8) is 0 Å². The summed E-state index contributed by atoms with van der Waals surface area (Å²) in [7, 11) is 1.59. The lowest BCUT2D eigenvalue weighted by atomic mass is 10.2. The molecule has 25 heavy (non-hydrogen) atoms. The lowest BCUT2D eigenvalue weighted by Crippen LogP contribution is -2.24. The van der Waals surface area contributed by atoms with Crippen LogP contribution in [-0.2, 0) is 0 Å². The molecule has 134 valence electrons. The van der Waals surface area contributed by atoms with Gasteiger partial charge in [0, 0.05) is 24.7 Å². The van der Waals surface area contributed by atoms with Gasteiger partial charge in [0.1, 0.15) is 10.8 Å². The molecule has 0 spiro atoms. The monoisotopic (exact) mass is 378 g/mol. The van der Waals surface area contributed by atoms with E-state index in [-0.39, 0.29) is 5.88 Å². The van der Waals surface area contributed by atoms with Gasteiger partial charge >= 0.3 is 0 Å². The normalized spacial score (nSPS) is 10.6. The van der Waals surface area contributed by atoms with Crippen molar-refractivity contribution in [3.8, 4) is 11.8 Å². The van der Waals surface area contributed by atoms with Gasteiger partial charge in [-0.1, -0.05) is 12.7 Å². The Labute approximate surface area is 156 Å². The third kappa shape index (κ3) is 4.58. The average molecular weight is 379 g/mol. The molecule has 0 aliphatic rings. The highest BCUT2D eigenvalue weighted by atomic mass is 32.2. The number of aromatic nitrogens is 3. The number of rotatable bonds is 8. The first-order valence-corrected chi connectivity index (χ1v) is 9.86. The summed E-state index contributed by atoms with van der Waals surface area (Å²) in [4.78, 5) is 16.0. The number of ether oxygens (including phenoxy) is 1. The quantitative estimate of drug-likeness (QED) is 0.421. The number of anilines is 1. The molecule has 0 unspecified atom stereocenters. The highest BCUT2D eigenvalue weighted by molar-refractivity contribution is 7.99. The van der Waals surface area contributed by atoms with E-state index in [1.54, 1.807) is 13.2 Å². The van der Waals surface area contributed by atoms with Crippen LogP contribution in [0.4, 0.5) is 5.82 Å². The number of methoxy groups -OCH3 is 1. The van der Waals surface area contributed by atoms with Crippen molar-refractivity contribution < 1.29 is 9.84 Å². The predicted molar refractivity (Wildman–Crippen MR) is 104 cm³/mol. The summed E-state index contributed by atoms with van der Waals surface area (Å²) >= 11 is 2.74. The van der Waals surface area contributed by atoms with Crippen LogP contribution in [0.15, 0.2) is 33.8 Å². The summed E-state index contributed by atoms with van der Waals surface area (Å²) in [6, 6.07) is 3.49. The molecule has 0 radical (unpaired) electrons. The molecule has 0 saturated carbocycles.